The number of alkyl halides is 1. The Morgan fingerprint density at radius 3 is 2.39 bits per heavy atom. The van der Waals surface area contributed by atoms with Gasteiger partial charge in [-0.2, -0.15) is 0 Å². The molecule has 1 atom stereocenters. The molecule has 0 spiro atoms. The van der Waals surface area contributed by atoms with Crippen LogP contribution in [0.25, 0.3) is 0 Å². The van der Waals surface area contributed by atoms with E-state index < -0.39 is 4.92 Å². The van der Waals surface area contributed by atoms with Crippen molar-refractivity contribution in [1.29, 1.82) is 0 Å². The molecule has 1 aromatic rings. The van der Waals surface area contributed by atoms with E-state index >= 15 is 0 Å². The van der Waals surface area contributed by atoms with Gasteiger partial charge in [0.25, 0.3) is 5.69 Å². The number of nitrogens with zero attached hydrogens (tertiary/aromatic N) is 1. The maximum Gasteiger partial charge on any atom is 0.269 e. The number of carbonyl (C=O) groups excluding carboxylic acids is 1. The molecule has 98 valence electrons. The van der Waals surface area contributed by atoms with Gasteiger partial charge in [-0.3, -0.25) is 14.9 Å². The van der Waals surface area contributed by atoms with E-state index in [9.17, 15) is 14.9 Å². The summed E-state index contributed by atoms with van der Waals surface area (Å²) in [4.78, 5) is 21.4. The third kappa shape index (κ3) is 4.45. The van der Waals surface area contributed by atoms with E-state index in [4.69, 9.17) is 11.6 Å². The summed E-state index contributed by atoms with van der Waals surface area (Å²) >= 11 is 5.65. The van der Waals surface area contributed by atoms with Gasteiger partial charge in [0.2, 0.25) is 0 Å². The number of halogens is 1. The maximum atomic E-state index is 11.4. The molecule has 0 bridgehead atoms. The zero-order valence-corrected chi connectivity index (χ0v) is 11.0. The van der Waals surface area contributed by atoms with E-state index in [0.717, 1.165) is 18.4 Å². The van der Waals surface area contributed by atoms with E-state index in [0.29, 0.717) is 12.3 Å². The summed E-state index contributed by atoms with van der Waals surface area (Å²) in [5.41, 5.74) is 1.09. The standard InChI is InChI=1S/C13H16ClNO3/c1-10(16)12(8-9-14)5-2-11-3-6-13(7-4-11)15(17)18/h3-4,6-7,12H,2,5,8-9H2,1H3. The van der Waals surface area contributed by atoms with Crippen LogP contribution in [0.1, 0.15) is 25.3 Å². The lowest BCUT2D eigenvalue weighted by molar-refractivity contribution is -0.384. The SMILES string of the molecule is CC(=O)C(CCCl)CCc1ccc([N+](=O)[O-])cc1. The van der Waals surface area contributed by atoms with E-state index in [-0.39, 0.29) is 17.4 Å². The molecule has 0 saturated carbocycles. The molecule has 0 aromatic heterocycles. The number of Topliss-reactive ketones (excluding diaryl/α,β-unsaturated/α-hetero) is 1. The fourth-order valence-electron chi connectivity index (χ4n) is 1.81. The zero-order chi connectivity index (χ0) is 13.5. The van der Waals surface area contributed by atoms with Crippen molar-refractivity contribution in [2.24, 2.45) is 5.92 Å². The number of aryl methyl sites for hydroxylation is 1. The van der Waals surface area contributed by atoms with Crippen LogP contribution in [0.15, 0.2) is 24.3 Å². The van der Waals surface area contributed by atoms with E-state index in [1.54, 1.807) is 19.1 Å². The molecule has 1 unspecified atom stereocenters. The fourth-order valence-corrected chi connectivity index (χ4v) is 2.07. The van der Waals surface area contributed by atoms with E-state index in [1.807, 2.05) is 0 Å². The Labute approximate surface area is 111 Å². The molecule has 0 saturated heterocycles. The van der Waals surface area contributed by atoms with Crippen LogP contribution in [-0.2, 0) is 11.2 Å². The monoisotopic (exact) mass is 269 g/mol. The van der Waals surface area contributed by atoms with Gasteiger partial charge in [-0.25, -0.2) is 0 Å². The highest BCUT2D eigenvalue weighted by atomic mass is 35.5. The van der Waals surface area contributed by atoms with Gasteiger partial charge in [-0.1, -0.05) is 12.1 Å². The average Bonchev–Trinajstić information content (AvgIpc) is 2.34. The molecule has 0 aliphatic heterocycles. The molecule has 0 radical (unpaired) electrons. The fraction of sp³-hybridized carbons (Fsp3) is 0.462. The topological polar surface area (TPSA) is 60.2 Å². The van der Waals surface area contributed by atoms with Crippen LogP contribution in [0, 0.1) is 16.0 Å². The predicted molar refractivity (Wildman–Crippen MR) is 70.9 cm³/mol. The van der Waals surface area contributed by atoms with Crippen LogP contribution in [-0.4, -0.2) is 16.6 Å². The van der Waals surface area contributed by atoms with Crippen molar-refractivity contribution in [3.05, 3.63) is 39.9 Å². The molecule has 18 heavy (non-hydrogen) atoms. The number of nitro benzene ring substituents is 1. The summed E-state index contributed by atoms with van der Waals surface area (Å²) in [6.45, 7) is 1.58. The van der Waals surface area contributed by atoms with Gasteiger partial charge in [0.15, 0.2) is 0 Å². The molecule has 4 nitrogen and oxygen atoms in total. The van der Waals surface area contributed by atoms with Gasteiger partial charge in [0, 0.05) is 23.9 Å². The Morgan fingerprint density at radius 2 is 1.94 bits per heavy atom. The molecular weight excluding hydrogens is 254 g/mol. The number of hydrogen-bond acceptors (Lipinski definition) is 3. The number of rotatable bonds is 7. The lowest BCUT2D eigenvalue weighted by Gasteiger charge is -2.11. The molecule has 1 aromatic carbocycles. The predicted octanol–water partition coefficient (Wildman–Crippen LogP) is 3.36. The second-order valence-corrected chi connectivity index (χ2v) is 4.63. The number of benzene rings is 1. The minimum absolute atomic E-state index is 0.0160. The highest BCUT2D eigenvalue weighted by molar-refractivity contribution is 6.18. The third-order valence-electron chi connectivity index (χ3n) is 2.96. The van der Waals surface area contributed by atoms with Gasteiger partial charge in [0.05, 0.1) is 4.92 Å². The van der Waals surface area contributed by atoms with Crippen LogP contribution >= 0.6 is 11.6 Å². The molecule has 0 amide bonds. The van der Waals surface area contributed by atoms with Crippen molar-refractivity contribution in [2.45, 2.75) is 26.2 Å². The van der Waals surface area contributed by atoms with Gasteiger partial charge in [-0.05, 0) is 31.7 Å². The molecule has 0 aliphatic rings. The Kier molecular flexibility index (Phi) is 5.78. The van der Waals surface area contributed by atoms with Gasteiger partial charge in [-0.15, -0.1) is 11.6 Å². The zero-order valence-electron chi connectivity index (χ0n) is 10.3. The quantitative estimate of drug-likeness (QED) is 0.433. The lowest BCUT2D eigenvalue weighted by atomic mass is 9.94. The summed E-state index contributed by atoms with van der Waals surface area (Å²) in [5, 5.41) is 10.5. The first-order chi connectivity index (χ1) is 8.54. The molecule has 0 N–H and O–H groups in total. The van der Waals surface area contributed by atoms with Crippen LogP contribution in [0.4, 0.5) is 5.69 Å². The number of nitro groups is 1. The molecule has 0 aliphatic carbocycles. The number of non-ortho nitro benzene ring substituents is 1. The average molecular weight is 270 g/mol. The normalized spacial score (nSPS) is 12.1. The van der Waals surface area contributed by atoms with Crippen LogP contribution in [0.5, 0.6) is 0 Å². The molecule has 0 fully saturated rings. The van der Waals surface area contributed by atoms with E-state index in [2.05, 4.69) is 0 Å². The minimum Gasteiger partial charge on any atom is -0.300 e. The van der Waals surface area contributed by atoms with Gasteiger partial charge < -0.3 is 0 Å². The van der Waals surface area contributed by atoms with E-state index in [1.165, 1.54) is 12.1 Å². The largest absolute Gasteiger partial charge is 0.300 e. The molecule has 5 heteroatoms. The minimum atomic E-state index is -0.421. The number of carbonyl (C=O) groups is 1. The summed E-state index contributed by atoms with van der Waals surface area (Å²) in [6.07, 6.45) is 2.16. The van der Waals surface area contributed by atoms with Crippen molar-refractivity contribution in [3.63, 3.8) is 0 Å². The van der Waals surface area contributed by atoms with Gasteiger partial charge >= 0.3 is 0 Å². The molecule has 0 heterocycles. The Morgan fingerprint density at radius 1 is 1.33 bits per heavy atom. The summed E-state index contributed by atoms with van der Waals surface area (Å²) < 4.78 is 0. The second-order valence-electron chi connectivity index (χ2n) is 4.25. The van der Waals surface area contributed by atoms with Crippen LogP contribution in [0.3, 0.4) is 0 Å². The smallest absolute Gasteiger partial charge is 0.269 e. The second kappa shape index (κ2) is 7.11. The molecular formula is C13H16ClNO3. The Bertz CT molecular complexity index is 417. The Hall–Kier alpha value is -1.42. The highest BCUT2D eigenvalue weighted by Gasteiger charge is 2.13. The van der Waals surface area contributed by atoms with Crippen molar-refractivity contribution < 1.29 is 9.72 Å². The highest BCUT2D eigenvalue weighted by Crippen LogP contribution is 2.17. The van der Waals surface area contributed by atoms with Gasteiger partial charge in [0.1, 0.15) is 5.78 Å². The summed E-state index contributed by atoms with van der Waals surface area (Å²) in [7, 11) is 0. The van der Waals surface area contributed by atoms with Crippen molar-refractivity contribution in [2.75, 3.05) is 5.88 Å². The maximum absolute atomic E-state index is 11.4. The number of hydrogen-bond donors (Lipinski definition) is 0. The third-order valence-corrected chi connectivity index (χ3v) is 3.18. The molecule has 1 rings (SSSR count). The summed E-state index contributed by atoms with van der Waals surface area (Å²) in [6, 6.07) is 6.44. The first-order valence-electron chi connectivity index (χ1n) is 5.84. The number of ketones is 1. The van der Waals surface area contributed by atoms with Crippen LogP contribution in [0.2, 0.25) is 0 Å². The van der Waals surface area contributed by atoms with Crippen LogP contribution < -0.4 is 0 Å². The first-order valence-corrected chi connectivity index (χ1v) is 6.37. The first kappa shape index (κ1) is 14.6. The Balaban J connectivity index is 2.56. The summed E-state index contributed by atoms with van der Waals surface area (Å²) in [5.74, 6) is 0.611. The van der Waals surface area contributed by atoms with Crippen molar-refractivity contribution in [3.8, 4) is 0 Å². The van der Waals surface area contributed by atoms with Crippen molar-refractivity contribution in [1.82, 2.24) is 0 Å². The lowest BCUT2D eigenvalue weighted by Crippen LogP contribution is -2.12. The van der Waals surface area contributed by atoms with Crippen molar-refractivity contribution >= 4 is 23.1 Å².